The molecular weight excluding hydrogens is 204 g/mol. The fourth-order valence-electron chi connectivity index (χ4n) is 2.71. The van der Waals surface area contributed by atoms with Crippen molar-refractivity contribution < 1.29 is 14.2 Å². The topological polar surface area (TPSA) is 31.0 Å². The minimum atomic E-state index is -0.0643. The number of fused-ring (bicyclic) bond motifs is 1. The van der Waals surface area contributed by atoms with Crippen molar-refractivity contribution in [3.8, 4) is 0 Å². The summed E-state index contributed by atoms with van der Waals surface area (Å²) in [7, 11) is 0. The molecule has 4 atom stereocenters. The molecule has 0 radical (unpaired) electrons. The highest BCUT2D eigenvalue weighted by Crippen LogP contribution is 2.49. The van der Waals surface area contributed by atoms with Gasteiger partial charge >= 0.3 is 0 Å². The zero-order valence-corrected chi connectivity index (χ0v) is 10.7. The van der Waals surface area contributed by atoms with Crippen LogP contribution in [-0.2, 0) is 14.2 Å². The summed E-state index contributed by atoms with van der Waals surface area (Å²) in [6.45, 7) is 7.98. The molecule has 0 aromatic carbocycles. The van der Waals surface area contributed by atoms with Crippen LogP contribution < -0.4 is 0 Å². The Labute approximate surface area is 98.4 Å². The zero-order chi connectivity index (χ0) is 11.6. The largest absolute Gasteiger partial charge is 0.375 e. The van der Waals surface area contributed by atoms with E-state index in [9.17, 15) is 0 Å². The second kappa shape index (κ2) is 5.03. The van der Waals surface area contributed by atoms with Gasteiger partial charge in [0.2, 0.25) is 0 Å². The first-order valence-electron chi connectivity index (χ1n) is 6.63. The van der Waals surface area contributed by atoms with Crippen molar-refractivity contribution in [1.29, 1.82) is 0 Å². The van der Waals surface area contributed by atoms with Crippen LogP contribution in [0.25, 0.3) is 0 Å². The molecule has 1 heterocycles. The van der Waals surface area contributed by atoms with Gasteiger partial charge in [0.1, 0.15) is 11.7 Å². The first-order valence-corrected chi connectivity index (χ1v) is 6.63. The minimum Gasteiger partial charge on any atom is -0.375 e. The van der Waals surface area contributed by atoms with Crippen molar-refractivity contribution in [1.82, 2.24) is 0 Å². The average molecular weight is 228 g/mol. The Morgan fingerprint density at radius 2 is 2.06 bits per heavy atom. The predicted octanol–water partition coefficient (Wildman–Crippen LogP) is 2.53. The normalized spacial score (nSPS) is 41.8. The second-order valence-corrected chi connectivity index (χ2v) is 5.01. The third-order valence-electron chi connectivity index (χ3n) is 3.77. The lowest BCUT2D eigenvalue weighted by Crippen LogP contribution is -2.46. The van der Waals surface area contributed by atoms with Gasteiger partial charge in [0, 0.05) is 13.2 Å². The highest BCUT2D eigenvalue weighted by Gasteiger charge is 2.63. The quantitative estimate of drug-likeness (QED) is 0.517. The summed E-state index contributed by atoms with van der Waals surface area (Å²) in [5.74, 6) is 0. The van der Waals surface area contributed by atoms with Crippen molar-refractivity contribution in [3.63, 3.8) is 0 Å². The maximum absolute atomic E-state index is 5.95. The predicted molar refractivity (Wildman–Crippen MR) is 62.6 cm³/mol. The number of ether oxygens (including phenoxy) is 3. The summed E-state index contributed by atoms with van der Waals surface area (Å²) in [6.07, 6.45) is 5.29. The number of hydrogen-bond donors (Lipinski definition) is 0. The lowest BCUT2D eigenvalue weighted by Gasteiger charge is -2.33. The van der Waals surface area contributed by atoms with E-state index >= 15 is 0 Å². The lowest BCUT2D eigenvalue weighted by molar-refractivity contribution is -0.107. The Hall–Kier alpha value is -0.120. The molecule has 1 aliphatic heterocycles. The van der Waals surface area contributed by atoms with E-state index in [0.29, 0.717) is 6.10 Å². The summed E-state index contributed by atoms with van der Waals surface area (Å²) in [5.41, 5.74) is -0.0643. The monoisotopic (exact) mass is 228 g/mol. The van der Waals surface area contributed by atoms with E-state index in [2.05, 4.69) is 13.8 Å². The van der Waals surface area contributed by atoms with E-state index in [1.807, 2.05) is 6.92 Å². The van der Waals surface area contributed by atoms with E-state index in [1.165, 1.54) is 6.42 Å². The second-order valence-electron chi connectivity index (χ2n) is 5.01. The Morgan fingerprint density at radius 1 is 1.25 bits per heavy atom. The maximum Gasteiger partial charge on any atom is 0.121 e. The molecular formula is C13H24O3. The molecule has 0 N–H and O–H groups in total. The number of unbranched alkanes of at least 4 members (excludes halogenated alkanes) is 1. The Bertz CT molecular complexity index is 231. The molecule has 0 aromatic heterocycles. The number of epoxide rings is 1. The molecule has 3 nitrogen and oxygen atoms in total. The molecule has 0 bridgehead atoms. The fraction of sp³-hybridized carbons (Fsp3) is 1.00. The van der Waals surface area contributed by atoms with Gasteiger partial charge < -0.3 is 14.2 Å². The van der Waals surface area contributed by atoms with Crippen molar-refractivity contribution in [2.24, 2.45) is 0 Å². The molecule has 0 spiro atoms. The van der Waals surface area contributed by atoms with Gasteiger partial charge in [-0.25, -0.2) is 0 Å². The van der Waals surface area contributed by atoms with Crippen LogP contribution >= 0.6 is 0 Å². The van der Waals surface area contributed by atoms with Crippen LogP contribution in [0.5, 0.6) is 0 Å². The van der Waals surface area contributed by atoms with E-state index < -0.39 is 0 Å². The summed E-state index contributed by atoms with van der Waals surface area (Å²) >= 11 is 0. The molecule has 0 aromatic rings. The van der Waals surface area contributed by atoms with Crippen molar-refractivity contribution >= 4 is 0 Å². The minimum absolute atomic E-state index is 0.0643. The standard InChI is InChI=1S/C13H24O3/c1-4-6-9-15-10-7-8-11-13(3,16-11)12(10)14-5-2/h10-12H,4-9H2,1-3H3. The van der Waals surface area contributed by atoms with Crippen LogP contribution in [0.4, 0.5) is 0 Å². The van der Waals surface area contributed by atoms with E-state index in [4.69, 9.17) is 14.2 Å². The molecule has 3 heteroatoms. The van der Waals surface area contributed by atoms with Gasteiger partial charge in [0.15, 0.2) is 0 Å². The molecule has 4 unspecified atom stereocenters. The average Bonchev–Trinajstić information content (AvgIpc) is 2.94. The van der Waals surface area contributed by atoms with E-state index in [1.54, 1.807) is 0 Å². The molecule has 94 valence electrons. The molecule has 16 heavy (non-hydrogen) atoms. The van der Waals surface area contributed by atoms with Crippen molar-refractivity contribution in [2.45, 2.75) is 70.4 Å². The maximum atomic E-state index is 5.95. The third kappa shape index (κ3) is 2.27. The molecule has 2 fully saturated rings. The smallest absolute Gasteiger partial charge is 0.121 e. The van der Waals surface area contributed by atoms with Gasteiger partial charge in [-0.2, -0.15) is 0 Å². The summed E-state index contributed by atoms with van der Waals surface area (Å²) in [5, 5.41) is 0. The summed E-state index contributed by atoms with van der Waals surface area (Å²) in [4.78, 5) is 0. The number of rotatable bonds is 6. The van der Waals surface area contributed by atoms with E-state index in [0.717, 1.165) is 32.5 Å². The number of hydrogen-bond acceptors (Lipinski definition) is 3. The summed E-state index contributed by atoms with van der Waals surface area (Å²) in [6, 6.07) is 0. The Morgan fingerprint density at radius 3 is 2.75 bits per heavy atom. The molecule has 0 amide bonds. The molecule has 2 rings (SSSR count). The molecule has 1 saturated heterocycles. The SMILES string of the molecule is CCCCOC1CCC2OC2(C)C1OCC. The van der Waals surface area contributed by atoms with Crippen molar-refractivity contribution in [3.05, 3.63) is 0 Å². The molecule has 2 aliphatic rings. The lowest BCUT2D eigenvalue weighted by atomic mass is 9.85. The van der Waals surface area contributed by atoms with Gasteiger partial charge in [-0.05, 0) is 33.1 Å². The van der Waals surface area contributed by atoms with Gasteiger partial charge in [-0.15, -0.1) is 0 Å². The van der Waals surface area contributed by atoms with E-state index in [-0.39, 0.29) is 17.8 Å². The highest BCUT2D eigenvalue weighted by molar-refractivity contribution is 5.11. The van der Waals surface area contributed by atoms with Crippen molar-refractivity contribution in [2.75, 3.05) is 13.2 Å². The van der Waals surface area contributed by atoms with Crippen LogP contribution in [-0.4, -0.2) is 37.1 Å². The molecule has 1 saturated carbocycles. The van der Waals surface area contributed by atoms with Gasteiger partial charge in [0.05, 0.1) is 12.2 Å². The van der Waals surface area contributed by atoms with Gasteiger partial charge in [-0.1, -0.05) is 13.3 Å². The van der Waals surface area contributed by atoms with Gasteiger partial charge in [-0.3, -0.25) is 0 Å². The van der Waals surface area contributed by atoms with Crippen LogP contribution in [0.15, 0.2) is 0 Å². The zero-order valence-electron chi connectivity index (χ0n) is 10.7. The van der Waals surface area contributed by atoms with Crippen LogP contribution in [0.3, 0.4) is 0 Å². The Balaban J connectivity index is 1.89. The van der Waals surface area contributed by atoms with Gasteiger partial charge in [0.25, 0.3) is 0 Å². The summed E-state index contributed by atoms with van der Waals surface area (Å²) < 4.78 is 17.5. The fourth-order valence-corrected chi connectivity index (χ4v) is 2.71. The first kappa shape index (κ1) is 12.3. The first-order chi connectivity index (χ1) is 7.72. The third-order valence-corrected chi connectivity index (χ3v) is 3.77. The highest BCUT2D eigenvalue weighted by atomic mass is 16.6. The van der Waals surface area contributed by atoms with Crippen LogP contribution in [0, 0.1) is 0 Å². The Kier molecular flexibility index (Phi) is 3.88. The van der Waals surface area contributed by atoms with Crippen LogP contribution in [0.1, 0.15) is 46.5 Å². The molecule has 1 aliphatic carbocycles. The van der Waals surface area contributed by atoms with Crippen LogP contribution in [0.2, 0.25) is 0 Å².